The number of nitrogens with zero attached hydrogens (tertiary/aromatic N) is 2. The Hall–Kier alpha value is -6.12. The highest BCUT2D eigenvalue weighted by atomic mass is 14.9. The molecule has 2 heteroatoms. The van der Waals surface area contributed by atoms with Crippen LogP contribution in [-0.4, -0.2) is 9.97 Å². The summed E-state index contributed by atoms with van der Waals surface area (Å²) < 4.78 is 0. The average Bonchev–Trinajstić information content (AvgIpc) is 3.56. The van der Waals surface area contributed by atoms with E-state index in [1.807, 2.05) is 0 Å². The number of benzene rings is 6. The maximum absolute atomic E-state index is 5.04. The Morgan fingerprint density at radius 1 is 0.327 bits per heavy atom. The van der Waals surface area contributed by atoms with Crippen molar-refractivity contribution in [2.75, 3.05) is 0 Å². The summed E-state index contributed by atoms with van der Waals surface area (Å²) in [6.07, 6.45) is 0. The molecule has 0 amide bonds. The molecule has 0 fully saturated rings. The van der Waals surface area contributed by atoms with Crippen molar-refractivity contribution < 1.29 is 0 Å². The summed E-state index contributed by atoms with van der Waals surface area (Å²) in [6.45, 7) is 9.33. The van der Waals surface area contributed by atoms with E-state index in [0.717, 1.165) is 33.5 Å². The third-order valence-electron chi connectivity index (χ3n) is 11.7. The van der Waals surface area contributed by atoms with Crippen molar-refractivity contribution in [2.45, 2.75) is 38.5 Å². The Labute approximate surface area is 305 Å². The predicted molar refractivity (Wildman–Crippen MR) is 216 cm³/mol. The van der Waals surface area contributed by atoms with Gasteiger partial charge in [-0.3, -0.25) is 0 Å². The lowest BCUT2D eigenvalue weighted by molar-refractivity contribution is 0.660. The minimum absolute atomic E-state index is 0.0159. The lowest BCUT2D eigenvalue weighted by Gasteiger charge is -2.22. The first-order valence-electron chi connectivity index (χ1n) is 18.2. The molecule has 2 nitrogen and oxygen atoms in total. The SMILES string of the molecule is CC1(C)c2ccccc2-c2ccc(-c3ccc(-c4ccc5ccc(-c6ccc(-c7ccc8c(c7)C(C)(C)c7ccccc7-8)cc6)nc5n4)cc3)cc21. The first-order valence-corrected chi connectivity index (χ1v) is 18.2. The summed E-state index contributed by atoms with van der Waals surface area (Å²) in [5.74, 6) is 0. The Morgan fingerprint density at radius 2 is 0.692 bits per heavy atom. The molecule has 0 saturated heterocycles. The zero-order chi connectivity index (χ0) is 35.2. The molecule has 2 aromatic heterocycles. The quantitative estimate of drug-likeness (QED) is 0.187. The van der Waals surface area contributed by atoms with Crippen LogP contribution in [0.15, 0.2) is 158 Å². The molecule has 2 aliphatic rings. The fourth-order valence-electron chi connectivity index (χ4n) is 8.76. The van der Waals surface area contributed by atoms with Gasteiger partial charge in [0.15, 0.2) is 5.65 Å². The minimum Gasteiger partial charge on any atom is -0.228 e. The number of hydrogen-bond acceptors (Lipinski definition) is 2. The van der Waals surface area contributed by atoms with Crippen molar-refractivity contribution in [2.24, 2.45) is 0 Å². The third-order valence-corrected chi connectivity index (χ3v) is 11.7. The van der Waals surface area contributed by atoms with Crippen LogP contribution in [0.4, 0.5) is 0 Å². The molecule has 0 spiro atoms. The number of pyridine rings is 2. The topological polar surface area (TPSA) is 25.8 Å². The molecular weight excluding hydrogens is 629 g/mol. The molecule has 52 heavy (non-hydrogen) atoms. The molecule has 2 heterocycles. The highest BCUT2D eigenvalue weighted by Gasteiger charge is 2.36. The smallest absolute Gasteiger partial charge is 0.160 e. The molecule has 0 bridgehead atoms. The number of hydrogen-bond donors (Lipinski definition) is 0. The molecule has 8 aromatic rings. The zero-order valence-corrected chi connectivity index (χ0v) is 29.9. The van der Waals surface area contributed by atoms with Crippen LogP contribution < -0.4 is 0 Å². The molecule has 0 saturated carbocycles. The van der Waals surface area contributed by atoms with Gasteiger partial charge in [0.1, 0.15) is 0 Å². The Balaban J connectivity index is 0.913. The van der Waals surface area contributed by atoms with Crippen LogP contribution in [0.25, 0.3) is 78.1 Å². The van der Waals surface area contributed by atoms with Crippen LogP contribution in [0.1, 0.15) is 49.9 Å². The summed E-state index contributed by atoms with van der Waals surface area (Å²) in [4.78, 5) is 10.1. The van der Waals surface area contributed by atoms with Crippen LogP contribution >= 0.6 is 0 Å². The number of fused-ring (bicyclic) bond motifs is 7. The second-order valence-electron chi connectivity index (χ2n) is 15.5. The van der Waals surface area contributed by atoms with Gasteiger partial charge in [-0.2, -0.15) is 0 Å². The second-order valence-corrected chi connectivity index (χ2v) is 15.5. The predicted octanol–water partition coefficient (Wildman–Crippen LogP) is 12.9. The van der Waals surface area contributed by atoms with Crippen LogP contribution in [-0.2, 0) is 10.8 Å². The lowest BCUT2D eigenvalue weighted by Crippen LogP contribution is -2.14. The van der Waals surface area contributed by atoms with Gasteiger partial charge in [0, 0.05) is 27.3 Å². The first kappa shape index (κ1) is 30.7. The van der Waals surface area contributed by atoms with Crippen molar-refractivity contribution in [3.63, 3.8) is 0 Å². The zero-order valence-electron chi connectivity index (χ0n) is 29.9. The van der Waals surface area contributed by atoms with Gasteiger partial charge < -0.3 is 0 Å². The fraction of sp³-hybridized carbons (Fsp3) is 0.120. The molecule has 0 unspecified atom stereocenters. The van der Waals surface area contributed by atoms with E-state index in [1.54, 1.807) is 0 Å². The highest BCUT2D eigenvalue weighted by molar-refractivity contribution is 5.86. The van der Waals surface area contributed by atoms with E-state index in [1.165, 1.54) is 66.8 Å². The third kappa shape index (κ3) is 4.64. The standard InChI is InChI=1S/C50H38N2/c1-49(2)42-11-7-5-9-38(42)40-25-21-36(29-44(40)49)31-13-17-33(18-14-31)46-27-23-35-24-28-47(52-48(35)51-46)34-19-15-32(16-20-34)37-22-26-41-39-10-6-8-12-43(39)50(3,4)45(41)30-37/h5-30H,1-4H3. The van der Waals surface area contributed by atoms with Gasteiger partial charge in [-0.15, -0.1) is 0 Å². The maximum atomic E-state index is 5.04. The molecule has 6 aromatic carbocycles. The van der Waals surface area contributed by atoms with E-state index in [2.05, 4.69) is 185 Å². The summed E-state index contributed by atoms with van der Waals surface area (Å²) in [7, 11) is 0. The van der Waals surface area contributed by atoms with Gasteiger partial charge >= 0.3 is 0 Å². The molecule has 0 aliphatic heterocycles. The van der Waals surface area contributed by atoms with Crippen molar-refractivity contribution in [1.29, 1.82) is 0 Å². The summed E-state index contributed by atoms with van der Waals surface area (Å²) in [5.41, 5.74) is 20.6. The van der Waals surface area contributed by atoms with E-state index in [-0.39, 0.29) is 10.8 Å². The van der Waals surface area contributed by atoms with Crippen molar-refractivity contribution in [3.05, 3.63) is 180 Å². The first-order chi connectivity index (χ1) is 25.3. The van der Waals surface area contributed by atoms with Gasteiger partial charge in [-0.05, 0) is 103 Å². The van der Waals surface area contributed by atoms with E-state index < -0.39 is 0 Å². The fourth-order valence-corrected chi connectivity index (χ4v) is 8.76. The molecular formula is C50H38N2. The molecule has 10 rings (SSSR count). The van der Waals surface area contributed by atoms with E-state index >= 15 is 0 Å². The Morgan fingerprint density at radius 3 is 1.13 bits per heavy atom. The summed E-state index contributed by atoms with van der Waals surface area (Å²) in [5, 5.41) is 1.03. The van der Waals surface area contributed by atoms with Gasteiger partial charge in [0.2, 0.25) is 0 Å². The largest absolute Gasteiger partial charge is 0.228 e. The van der Waals surface area contributed by atoms with Crippen molar-refractivity contribution in [3.8, 4) is 67.0 Å². The van der Waals surface area contributed by atoms with Crippen LogP contribution in [0, 0.1) is 0 Å². The molecule has 0 atom stereocenters. The number of rotatable bonds is 4. The van der Waals surface area contributed by atoms with E-state index in [4.69, 9.17) is 9.97 Å². The minimum atomic E-state index is -0.0159. The van der Waals surface area contributed by atoms with Gasteiger partial charge in [0.25, 0.3) is 0 Å². The monoisotopic (exact) mass is 666 g/mol. The Kier molecular flexibility index (Phi) is 6.60. The normalized spacial score (nSPS) is 14.5. The average molecular weight is 667 g/mol. The van der Waals surface area contributed by atoms with E-state index in [0.29, 0.717) is 0 Å². The van der Waals surface area contributed by atoms with Gasteiger partial charge in [0.05, 0.1) is 11.4 Å². The molecule has 248 valence electrons. The Bertz CT molecular complexity index is 2530. The van der Waals surface area contributed by atoms with Gasteiger partial charge in [-0.25, -0.2) is 9.97 Å². The summed E-state index contributed by atoms with van der Waals surface area (Å²) >= 11 is 0. The lowest BCUT2D eigenvalue weighted by atomic mass is 9.81. The highest BCUT2D eigenvalue weighted by Crippen LogP contribution is 2.51. The summed E-state index contributed by atoms with van der Waals surface area (Å²) in [6, 6.07) is 57.5. The maximum Gasteiger partial charge on any atom is 0.160 e. The molecule has 2 aliphatic carbocycles. The van der Waals surface area contributed by atoms with Crippen LogP contribution in [0.3, 0.4) is 0 Å². The van der Waals surface area contributed by atoms with Crippen molar-refractivity contribution >= 4 is 11.0 Å². The number of aromatic nitrogens is 2. The van der Waals surface area contributed by atoms with Crippen LogP contribution in [0.5, 0.6) is 0 Å². The van der Waals surface area contributed by atoms with Crippen molar-refractivity contribution in [1.82, 2.24) is 9.97 Å². The molecule has 0 radical (unpaired) electrons. The molecule has 0 N–H and O–H groups in total. The van der Waals surface area contributed by atoms with Gasteiger partial charge in [-0.1, -0.05) is 149 Å². The second kappa shape index (κ2) is 11.2. The van der Waals surface area contributed by atoms with Crippen LogP contribution in [0.2, 0.25) is 0 Å². The van der Waals surface area contributed by atoms with E-state index in [9.17, 15) is 0 Å².